The highest BCUT2D eigenvalue weighted by Gasteiger charge is 2.03. The summed E-state index contributed by atoms with van der Waals surface area (Å²) in [4.78, 5) is 11.2. The molecule has 0 atom stereocenters. The lowest BCUT2D eigenvalue weighted by molar-refractivity contribution is -0.143. The molecule has 0 aliphatic carbocycles. The molecule has 0 aliphatic rings. The predicted octanol–water partition coefficient (Wildman–Crippen LogP) is 2.60. The van der Waals surface area contributed by atoms with Crippen LogP contribution in [0.1, 0.15) is 30.0 Å². The topological polar surface area (TPSA) is 26.3 Å². The smallest absolute Gasteiger partial charge is 0.306 e. The van der Waals surface area contributed by atoms with E-state index in [0.29, 0.717) is 13.0 Å². The van der Waals surface area contributed by atoms with Gasteiger partial charge in [-0.15, -0.1) is 0 Å². The van der Waals surface area contributed by atoms with Crippen molar-refractivity contribution in [1.29, 1.82) is 0 Å². The Balaban J connectivity index is 2.54. The van der Waals surface area contributed by atoms with Gasteiger partial charge in [-0.2, -0.15) is 0 Å². The fourth-order valence-electron chi connectivity index (χ4n) is 1.60. The summed E-state index contributed by atoms with van der Waals surface area (Å²) in [7, 11) is 0. The van der Waals surface area contributed by atoms with Crippen molar-refractivity contribution in [2.24, 2.45) is 0 Å². The quantitative estimate of drug-likeness (QED) is 0.706. The van der Waals surface area contributed by atoms with Crippen LogP contribution in [0.2, 0.25) is 0 Å². The van der Waals surface area contributed by atoms with Crippen LogP contribution in [0.15, 0.2) is 12.1 Å². The Hall–Kier alpha value is -1.31. The van der Waals surface area contributed by atoms with Crippen LogP contribution < -0.4 is 0 Å². The summed E-state index contributed by atoms with van der Waals surface area (Å²) in [6.45, 7) is 6.31. The van der Waals surface area contributed by atoms with Gasteiger partial charge in [-0.3, -0.25) is 4.79 Å². The van der Waals surface area contributed by atoms with Gasteiger partial charge in [0.2, 0.25) is 0 Å². The largest absolute Gasteiger partial charge is 0.466 e. The van der Waals surface area contributed by atoms with Crippen molar-refractivity contribution in [2.75, 3.05) is 6.61 Å². The zero-order chi connectivity index (χ0) is 11.3. The number of hydrogen-bond acceptors (Lipinski definition) is 2. The predicted molar refractivity (Wildman–Crippen MR) is 59.7 cm³/mol. The van der Waals surface area contributed by atoms with E-state index in [-0.39, 0.29) is 5.97 Å². The van der Waals surface area contributed by atoms with Crippen molar-refractivity contribution in [2.45, 2.75) is 33.6 Å². The van der Waals surface area contributed by atoms with E-state index >= 15 is 0 Å². The number of benzene rings is 1. The van der Waals surface area contributed by atoms with Crippen molar-refractivity contribution in [1.82, 2.24) is 0 Å². The zero-order valence-electron chi connectivity index (χ0n) is 9.59. The summed E-state index contributed by atoms with van der Waals surface area (Å²) < 4.78 is 4.88. The fourth-order valence-corrected chi connectivity index (χ4v) is 1.60. The van der Waals surface area contributed by atoms with Crippen LogP contribution >= 0.6 is 0 Å². The molecule has 0 saturated carbocycles. The van der Waals surface area contributed by atoms with E-state index in [9.17, 15) is 4.79 Å². The number of ether oxygens (including phenoxy) is 1. The number of hydrogen-bond donors (Lipinski definition) is 0. The zero-order valence-corrected chi connectivity index (χ0v) is 9.59. The molecule has 0 bridgehead atoms. The summed E-state index contributed by atoms with van der Waals surface area (Å²) >= 11 is 0. The first-order valence-electron chi connectivity index (χ1n) is 5.27. The van der Waals surface area contributed by atoms with E-state index in [1.807, 2.05) is 20.8 Å². The third-order valence-electron chi connectivity index (χ3n) is 2.12. The molecule has 2 nitrogen and oxygen atoms in total. The highest BCUT2D eigenvalue weighted by atomic mass is 16.5. The Morgan fingerprint density at radius 3 is 2.47 bits per heavy atom. The second-order valence-electron chi connectivity index (χ2n) is 3.66. The molecule has 0 spiro atoms. The maximum Gasteiger partial charge on any atom is 0.306 e. The minimum absolute atomic E-state index is 0.124. The van der Waals surface area contributed by atoms with E-state index < -0.39 is 0 Å². The minimum atomic E-state index is -0.124. The highest BCUT2D eigenvalue weighted by molar-refractivity contribution is 5.69. The van der Waals surface area contributed by atoms with Gasteiger partial charge in [0.15, 0.2) is 0 Å². The monoisotopic (exact) mass is 205 g/mol. The number of rotatable bonds is 4. The lowest BCUT2D eigenvalue weighted by atomic mass is 10.0. The average molecular weight is 205 g/mol. The van der Waals surface area contributed by atoms with Crippen molar-refractivity contribution in [3.8, 4) is 0 Å². The molecule has 1 aromatic rings. The molecule has 0 N–H and O–H groups in total. The van der Waals surface area contributed by atoms with Gasteiger partial charge in [-0.05, 0) is 49.9 Å². The SMILES string of the molecule is CCOC(=O)CCc1cc(C)[c]c(C)c1. The molecule has 1 radical (unpaired) electrons. The van der Waals surface area contributed by atoms with E-state index in [0.717, 1.165) is 17.5 Å². The van der Waals surface area contributed by atoms with E-state index in [2.05, 4.69) is 18.2 Å². The molecule has 0 unspecified atom stereocenters. The van der Waals surface area contributed by atoms with E-state index in [4.69, 9.17) is 4.74 Å². The van der Waals surface area contributed by atoms with Crippen LogP contribution in [0.3, 0.4) is 0 Å². The van der Waals surface area contributed by atoms with Crippen LogP contribution in [0.25, 0.3) is 0 Å². The lowest BCUT2D eigenvalue weighted by Crippen LogP contribution is -2.05. The standard InChI is InChI=1S/C13H17O2/c1-4-15-13(14)6-5-12-8-10(2)7-11(3)9-12/h8-9H,4-6H2,1-3H3. The van der Waals surface area contributed by atoms with Crippen LogP contribution in [-0.2, 0) is 16.0 Å². The van der Waals surface area contributed by atoms with Crippen LogP contribution in [0.5, 0.6) is 0 Å². The first kappa shape index (κ1) is 11.8. The Labute approximate surface area is 91.3 Å². The number of carbonyl (C=O) groups is 1. The van der Waals surface area contributed by atoms with Crippen LogP contribution in [0.4, 0.5) is 0 Å². The van der Waals surface area contributed by atoms with Gasteiger partial charge < -0.3 is 4.74 Å². The van der Waals surface area contributed by atoms with Gasteiger partial charge in [0.05, 0.1) is 6.61 Å². The molecule has 0 aliphatic heterocycles. The summed E-state index contributed by atoms with van der Waals surface area (Å²) in [6, 6.07) is 7.33. The van der Waals surface area contributed by atoms with Crippen molar-refractivity contribution in [3.05, 3.63) is 34.9 Å². The summed E-state index contributed by atoms with van der Waals surface area (Å²) in [5.74, 6) is -0.124. The van der Waals surface area contributed by atoms with Gasteiger partial charge >= 0.3 is 5.97 Å². The Morgan fingerprint density at radius 2 is 1.93 bits per heavy atom. The number of esters is 1. The maximum absolute atomic E-state index is 11.2. The first-order valence-corrected chi connectivity index (χ1v) is 5.27. The van der Waals surface area contributed by atoms with Gasteiger partial charge in [-0.1, -0.05) is 12.1 Å². The third-order valence-corrected chi connectivity index (χ3v) is 2.12. The molecular formula is C13H17O2. The first-order chi connectivity index (χ1) is 7.11. The molecule has 1 aromatic carbocycles. The molecule has 15 heavy (non-hydrogen) atoms. The van der Waals surface area contributed by atoms with Crippen LogP contribution in [-0.4, -0.2) is 12.6 Å². The van der Waals surface area contributed by atoms with Crippen molar-refractivity contribution < 1.29 is 9.53 Å². The van der Waals surface area contributed by atoms with Gasteiger partial charge in [0, 0.05) is 6.42 Å². The number of carbonyl (C=O) groups excluding carboxylic acids is 1. The van der Waals surface area contributed by atoms with E-state index in [1.54, 1.807) is 0 Å². The highest BCUT2D eigenvalue weighted by Crippen LogP contribution is 2.10. The lowest BCUT2D eigenvalue weighted by Gasteiger charge is -2.04. The van der Waals surface area contributed by atoms with Crippen molar-refractivity contribution >= 4 is 5.97 Å². The summed E-state index contributed by atoms with van der Waals surface area (Å²) in [5, 5.41) is 0. The van der Waals surface area contributed by atoms with Crippen molar-refractivity contribution in [3.63, 3.8) is 0 Å². The molecule has 81 valence electrons. The Bertz CT molecular complexity index is 322. The normalized spacial score (nSPS) is 10.1. The molecule has 0 amide bonds. The average Bonchev–Trinajstić information content (AvgIpc) is 2.14. The molecular weight excluding hydrogens is 188 g/mol. The molecule has 0 aromatic heterocycles. The maximum atomic E-state index is 11.2. The molecule has 1 rings (SSSR count). The minimum Gasteiger partial charge on any atom is -0.466 e. The molecule has 0 saturated heterocycles. The summed E-state index contributed by atoms with van der Waals surface area (Å²) in [6.07, 6.45) is 1.20. The fraction of sp³-hybridized carbons (Fsp3) is 0.462. The van der Waals surface area contributed by atoms with E-state index in [1.165, 1.54) is 5.56 Å². The van der Waals surface area contributed by atoms with Gasteiger partial charge in [0.25, 0.3) is 0 Å². The second kappa shape index (κ2) is 5.54. The van der Waals surface area contributed by atoms with Crippen LogP contribution in [0, 0.1) is 19.9 Å². The molecule has 0 heterocycles. The third kappa shape index (κ3) is 4.15. The van der Waals surface area contributed by atoms with Gasteiger partial charge in [0.1, 0.15) is 0 Å². The second-order valence-corrected chi connectivity index (χ2v) is 3.66. The molecule has 0 fully saturated rings. The summed E-state index contributed by atoms with van der Waals surface area (Å²) in [5.41, 5.74) is 3.42. The van der Waals surface area contributed by atoms with Gasteiger partial charge in [-0.25, -0.2) is 0 Å². The molecule has 2 heteroatoms. The Kier molecular flexibility index (Phi) is 4.35. The Morgan fingerprint density at radius 1 is 1.33 bits per heavy atom. The number of aryl methyl sites for hydroxylation is 3.